The number of rotatable bonds is 0. The van der Waals surface area contributed by atoms with E-state index in [0.29, 0.717) is 0 Å². The van der Waals surface area contributed by atoms with Crippen molar-refractivity contribution in [3.8, 4) is 0 Å². The maximum absolute atomic E-state index is 8.82. The molecule has 0 aromatic heterocycles. The first-order valence-corrected chi connectivity index (χ1v) is 2.88. The Balaban J connectivity index is 0. The molecule has 6 heteroatoms. The van der Waals surface area contributed by atoms with Crippen molar-refractivity contribution in [1.82, 2.24) is 0 Å². The SMILES string of the molecule is [Li].[O]=[Cr](=[O])([OH])[OH]. The molecule has 0 unspecified atom stereocenters. The van der Waals surface area contributed by atoms with Gasteiger partial charge in [0.25, 0.3) is 0 Å². The minimum absolute atomic E-state index is 0. The predicted molar refractivity (Wildman–Crippen MR) is 11.6 cm³/mol. The molecule has 2 N–H and O–H groups in total. The van der Waals surface area contributed by atoms with E-state index in [2.05, 4.69) is 0 Å². The van der Waals surface area contributed by atoms with Crippen molar-refractivity contribution in [3.05, 3.63) is 0 Å². The molecule has 0 aromatic rings. The van der Waals surface area contributed by atoms with E-state index in [1.807, 2.05) is 0 Å². The molecular formula is H2CrLiO4. The molecule has 1 radical (unpaired) electrons. The van der Waals surface area contributed by atoms with Crippen molar-refractivity contribution in [2.75, 3.05) is 0 Å². The zero-order valence-corrected chi connectivity index (χ0v) is 4.39. The quantitative estimate of drug-likeness (QED) is 0.377. The molecule has 0 atom stereocenters. The molecule has 6 heavy (non-hydrogen) atoms. The average Bonchev–Trinajstić information content (AvgIpc) is 0.722. The van der Waals surface area contributed by atoms with E-state index < -0.39 is 13.6 Å². The Bertz CT molecular complexity index is 90.7. The Hall–Kier alpha value is 0.650. The van der Waals surface area contributed by atoms with Gasteiger partial charge in [-0.25, -0.2) is 0 Å². The van der Waals surface area contributed by atoms with Crippen LogP contribution in [0.15, 0.2) is 0 Å². The zero-order valence-electron chi connectivity index (χ0n) is 3.12. The topological polar surface area (TPSA) is 74.6 Å². The van der Waals surface area contributed by atoms with Crippen LogP contribution < -0.4 is 0 Å². The maximum atomic E-state index is 8.82. The van der Waals surface area contributed by atoms with Gasteiger partial charge in [0.1, 0.15) is 0 Å². The second kappa shape index (κ2) is 2.76. The molecule has 0 bridgehead atoms. The molecule has 0 aliphatic heterocycles. The third-order valence-corrected chi connectivity index (χ3v) is 0. The van der Waals surface area contributed by atoms with Gasteiger partial charge in [-0.1, -0.05) is 0 Å². The van der Waals surface area contributed by atoms with E-state index in [1.165, 1.54) is 0 Å². The number of hydrogen-bond acceptors (Lipinski definition) is 2. The summed E-state index contributed by atoms with van der Waals surface area (Å²) in [6, 6.07) is 0. The number of hydrogen-bond donors (Lipinski definition) is 2. The summed E-state index contributed by atoms with van der Waals surface area (Å²) in [7, 11) is 0. The molecule has 33 valence electrons. The van der Waals surface area contributed by atoms with Crippen molar-refractivity contribution in [3.63, 3.8) is 0 Å². The molecule has 0 fully saturated rings. The van der Waals surface area contributed by atoms with Crippen LogP contribution in [-0.4, -0.2) is 27.2 Å². The minimum atomic E-state index is -5.25. The molecule has 0 saturated carbocycles. The van der Waals surface area contributed by atoms with E-state index in [-0.39, 0.29) is 18.9 Å². The second-order valence-corrected chi connectivity index (χ2v) is 1.85. The fraction of sp³-hybridized carbons (Fsp3) is 0. The van der Waals surface area contributed by atoms with Crippen LogP contribution in [0, 0.1) is 0 Å². The summed E-state index contributed by atoms with van der Waals surface area (Å²) in [4.78, 5) is 0. The van der Waals surface area contributed by atoms with E-state index in [0.717, 1.165) is 0 Å². The first kappa shape index (κ1) is 9.82. The van der Waals surface area contributed by atoms with Crippen LogP contribution >= 0.6 is 0 Å². The summed E-state index contributed by atoms with van der Waals surface area (Å²) >= 11 is -5.25. The predicted octanol–water partition coefficient (Wildman–Crippen LogP) is -1.73. The zero-order chi connectivity index (χ0) is 4.50. The van der Waals surface area contributed by atoms with Gasteiger partial charge in [0.05, 0.1) is 0 Å². The summed E-state index contributed by atoms with van der Waals surface area (Å²) in [5.41, 5.74) is 0. The normalized spacial score (nSPS) is 9.67. The van der Waals surface area contributed by atoms with Gasteiger partial charge in [-0.15, -0.1) is 0 Å². The molecular weight excluding hydrogens is 123 g/mol. The average molecular weight is 125 g/mol. The molecule has 4 nitrogen and oxygen atoms in total. The Morgan fingerprint density at radius 3 is 1.17 bits per heavy atom. The molecule has 0 aliphatic carbocycles. The van der Waals surface area contributed by atoms with Gasteiger partial charge in [-0.2, -0.15) is 0 Å². The second-order valence-electron chi connectivity index (χ2n) is 0.448. The fourth-order valence-electron chi connectivity index (χ4n) is 0. The van der Waals surface area contributed by atoms with E-state index in [9.17, 15) is 0 Å². The Morgan fingerprint density at radius 2 is 1.17 bits per heavy atom. The van der Waals surface area contributed by atoms with E-state index in [4.69, 9.17) is 15.9 Å². The Labute approximate surface area is 48.7 Å². The molecule has 0 aliphatic rings. The van der Waals surface area contributed by atoms with Gasteiger partial charge >= 0.3 is 29.5 Å². The first-order chi connectivity index (χ1) is 2.00. The van der Waals surface area contributed by atoms with Gasteiger partial charge in [0.2, 0.25) is 0 Å². The van der Waals surface area contributed by atoms with Crippen molar-refractivity contribution in [1.29, 1.82) is 0 Å². The summed E-state index contributed by atoms with van der Waals surface area (Å²) in [6.45, 7) is 0. The summed E-state index contributed by atoms with van der Waals surface area (Å²) < 4.78 is 31.9. The molecule has 0 aromatic carbocycles. The van der Waals surface area contributed by atoms with Crippen LogP contribution in [0.5, 0.6) is 0 Å². The van der Waals surface area contributed by atoms with Crippen molar-refractivity contribution >= 4 is 18.9 Å². The third-order valence-electron chi connectivity index (χ3n) is 0. The first-order valence-electron chi connectivity index (χ1n) is 0.698. The molecule has 0 saturated heterocycles. The van der Waals surface area contributed by atoms with Crippen LogP contribution in [0.25, 0.3) is 0 Å². The van der Waals surface area contributed by atoms with Crippen LogP contribution in [-0.2, 0) is 21.2 Å². The summed E-state index contributed by atoms with van der Waals surface area (Å²) in [5.74, 6) is 0. The van der Waals surface area contributed by atoms with E-state index in [1.54, 1.807) is 0 Å². The van der Waals surface area contributed by atoms with Crippen molar-refractivity contribution < 1.29 is 29.5 Å². The third kappa shape index (κ3) is 147. The van der Waals surface area contributed by atoms with Crippen LogP contribution in [0.3, 0.4) is 0 Å². The van der Waals surface area contributed by atoms with Crippen LogP contribution in [0.1, 0.15) is 0 Å². The van der Waals surface area contributed by atoms with Gasteiger partial charge in [-0.3, -0.25) is 0 Å². The standard InChI is InChI=1S/Cr.Li.2H2O.2O/h;;2*1H2;;/q+2;;;;;/p-2. The van der Waals surface area contributed by atoms with Crippen molar-refractivity contribution in [2.45, 2.75) is 0 Å². The molecule has 0 rings (SSSR count). The Kier molecular flexibility index (Phi) is 4.52. The van der Waals surface area contributed by atoms with E-state index >= 15 is 0 Å². The fourth-order valence-corrected chi connectivity index (χ4v) is 0. The molecule has 0 amide bonds. The Morgan fingerprint density at radius 1 is 1.17 bits per heavy atom. The van der Waals surface area contributed by atoms with Crippen LogP contribution in [0.4, 0.5) is 0 Å². The van der Waals surface area contributed by atoms with Gasteiger partial charge in [0.15, 0.2) is 0 Å². The van der Waals surface area contributed by atoms with Gasteiger partial charge < -0.3 is 0 Å². The van der Waals surface area contributed by atoms with Crippen LogP contribution in [0.2, 0.25) is 0 Å². The summed E-state index contributed by atoms with van der Waals surface area (Å²) in [5, 5.41) is 0. The van der Waals surface area contributed by atoms with Crippen molar-refractivity contribution in [2.24, 2.45) is 0 Å². The van der Waals surface area contributed by atoms with Gasteiger partial charge in [-0.05, 0) is 0 Å². The summed E-state index contributed by atoms with van der Waals surface area (Å²) in [6.07, 6.45) is 0. The molecule has 0 spiro atoms. The van der Waals surface area contributed by atoms with Gasteiger partial charge in [0, 0.05) is 18.9 Å². The monoisotopic (exact) mass is 125 g/mol. The molecule has 0 heterocycles.